The van der Waals surface area contributed by atoms with Gasteiger partial charge in [-0.05, 0) is 29.7 Å². The van der Waals surface area contributed by atoms with Gasteiger partial charge in [-0.2, -0.15) is 0 Å². The van der Waals surface area contributed by atoms with E-state index in [4.69, 9.17) is 0 Å². The van der Waals surface area contributed by atoms with Crippen molar-refractivity contribution >= 4 is 10.0 Å². The van der Waals surface area contributed by atoms with E-state index in [0.29, 0.717) is 17.9 Å². The molecule has 0 fully saturated rings. The molecule has 0 spiro atoms. The van der Waals surface area contributed by atoms with Crippen molar-refractivity contribution < 1.29 is 8.42 Å². The number of benzene rings is 3. The largest absolute Gasteiger partial charge is 0.240 e. The molecule has 0 unspecified atom stereocenters. The molecule has 3 rings (SSSR count). The molecule has 0 saturated carbocycles. The number of hydrogen-bond acceptors (Lipinski definition) is 2. The zero-order valence-corrected chi connectivity index (χ0v) is 14.7. The average Bonchev–Trinajstić information content (AvgIpc) is 2.67. The van der Waals surface area contributed by atoms with Crippen molar-refractivity contribution in [1.29, 1.82) is 0 Å². The van der Waals surface area contributed by atoms with Crippen LogP contribution in [0.15, 0.2) is 95.9 Å². The Bertz CT molecular complexity index is 839. The third-order valence-corrected chi connectivity index (χ3v) is 5.66. The standard InChI is InChI=1S/C21H21NO2S/c23-25(24,20-14-8-3-9-15-20)22-17-16-21(18-10-4-1-5-11-18)19-12-6-2-7-13-19/h1-15,21-22H,16-17H2. The third kappa shape index (κ3) is 4.56. The van der Waals surface area contributed by atoms with Crippen LogP contribution in [-0.2, 0) is 10.0 Å². The molecular weight excluding hydrogens is 330 g/mol. The van der Waals surface area contributed by atoms with Gasteiger partial charge in [-0.25, -0.2) is 13.1 Å². The van der Waals surface area contributed by atoms with Gasteiger partial charge >= 0.3 is 0 Å². The summed E-state index contributed by atoms with van der Waals surface area (Å²) in [6, 6.07) is 28.9. The fourth-order valence-electron chi connectivity index (χ4n) is 2.92. The maximum atomic E-state index is 12.4. The highest BCUT2D eigenvalue weighted by atomic mass is 32.2. The number of hydrogen-bond donors (Lipinski definition) is 1. The Morgan fingerprint density at radius 3 is 1.60 bits per heavy atom. The molecule has 0 atom stereocenters. The van der Waals surface area contributed by atoms with Gasteiger partial charge in [0.05, 0.1) is 4.90 Å². The van der Waals surface area contributed by atoms with E-state index in [0.717, 1.165) is 0 Å². The minimum Gasteiger partial charge on any atom is -0.211 e. The molecule has 0 aromatic heterocycles. The molecule has 0 bridgehead atoms. The maximum Gasteiger partial charge on any atom is 0.240 e. The summed E-state index contributed by atoms with van der Waals surface area (Å²) in [5.41, 5.74) is 2.38. The van der Waals surface area contributed by atoms with Crippen molar-refractivity contribution in [2.45, 2.75) is 17.2 Å². The summed E-state index contributed by atoms with van der Waals surface area (Å²) in [6.45, 7) is 0.381. The molecule has 3 aromatic rings. The second-order valence-corrected chi connectivity index (χ2v) is 7.64. The Morgan fingerprint density at radius 2 is 1.12 bits per heavy atom. The fourth-order valence-corrected chi connectivity index (χ4v) is 3.99. The lowest BCUT2D eigenvalue weighted by Crippen LogP contribution is -2.26. The first kappa shape index (κ1) is 17.4. The van der Waals surface area contributed by atoms with E-state index < -0.39 is 10.0 Å². The lowest BCUT2D eigenvalue weighted by Gasteiger charge is -2.18. The fraction of sp³-hybridized carbons (Fsp3) is 0.143. The number of sulfonamides is 1. The van der Waals surface area contributed by atoms with Crippen molar-refractivity contribution in [3.8, 4) is 0 Å². The van der Waals surface area contributed by atoms with Crippen LogP contribution >= 0.6 is 0 Å². The van der Waals surface area contributed by atoms with E-state index in [9.17, 15) is 8.42 Å². The van der Waals surface area contributed by atoms with E-state index in [-0.39, 0.29) is 5.92 Å². The van der Waals surface area contributed by atoms with Crippen molar-refractivity contribution in [2.75, 3.05) is 6.54 Å². The van der Waals surface area contributed by atoms with Gasteiger partial charge < -0.3 is 0 Å². The lowest BCUT2D eigenvalue weighted by atomic mass is 9.89. The second-order valence-electron chi connectivity index (χ2n) is 5.87. The SMILES string of the molecule is O=S(=O)(NCCC(c1ccccc1)c1ccccc1)c1ccccc1. The quantitative estimate of drug-likeness (QED) is 0.694. The Kier molecular flexibility index (Phi) is 5.64. The zero-order valence-electron chi connectivity index (χ0n) is 13.9. The van der Waals surface area contributed by atoms with Crippen molar-refractivity contribution in [1.82, 2.24) is 4.72 Å². The van der Waals surface area contributed by atoms with E-state index >= 15 is 0 Å². The van der Waals surface area contributed by atoms with Crippen LogP contribution < -0.4 is 4.72 Å². The number of rotatable bonds is 7. The Morgan fingerprint density at radius 1 is 0.680 bits per heavy atom. The van der Waals surface area contributed by atoms with Crippen LogP contribution in [0.1, 0.15) is 23.5 Å². The van der Waals surface area contributed by atoms with Crippen molar-refractivity contribution in [2.24, 2.45) is 0 Å². The highest BCUT2D eigenvalue weighted by Gasteiger charge is 2.17. The third-order valence-electron chi connectivity index (χ3n) is 4.18. The summed E-state index contributed by atoms with van der Waals surface area (Å²) in [7, 11) is -3.47. The molecule has 0 aliphatic heterocycles. The molecule has 128 valence electrons. The first-order valence-corrected chi connectivity index (χ1v) is 9.80. The highest BCUT2D eigenvalue weighted by Crippen LogP contribution is 2.27. The minimum absolute atomic E-state index is 0.154. The molecule has 0 aliphatic rings. The average molecular weight is 351 g/mol. The molecule has 0 saturated heterocycles. The summed E-state index contributed by atoms with van der Waals surface area (Å²) in [6.07, 6.45) is 0.695. The molecule has 1 N–H and O–H groups in total. The van der Waals surface area contributed by atoms with Gasteiger partial charge in [0.15, 0.2) is 0 Å². The van der Waals surface area contributed by atoms with Crippen LogP contribution in [0.25, 0.3) is 0 Å². The monoisotopic (exact) mass is 351 g/mol. The molecule has 0 amide bonds. The Labute approximate surface area is 149 Å². The second kappa shape index (κ2) is 8.10. The van der Waals surface area contributed by atoms with E-state index in [2.05, 4.69) is 29.0 Å². The molecule has 3 aromatic carbocycles. The topological polar surface area (TPSA) is 46.2 Å². The van der Waals surface area contributed by atoms with Gasteiger partial charge in [0, 0.05) is 12.5 Å². The van der Waals surface area contributed by atoms with Gasteiger partial charge in [0.2, 0.25) is 10.0 Å². The van der Waals surface area contributed by atoms with Crippen molar-refractivity contribution in [3.05, 3.63) is 102 Å². The molecule has 25 heavy (non-hydrogen) atoms. The predicted molar refractivity (Wildman–Crippen MR) is 101 cm³/mol. The van der Waals surface area contributed by atoms with Gasteiger partial charge in [-0.1, -0.05) is 78.9 Å². The zero-order chi connectivity index (χ0) is 17.5. The lowest BCUT2D eigenvalue weighted by molar-refractivity contribution is 0.575. The first-order chi connectivity index (χ1) is 12.2. The maximum absolute atomic E-state index is 12.4. The molecule has 0 heterocycles. The Balaban J connectivity index is 1.74. The van der Waals surface area contributed by atoms with Crippen LogP contribution in [-0.4, -0.2) is 15.0 Å². The number of nitrogens with one attached hydrogen (secondary N) is 1. The minimum atomic E-state index is -3.47. The molecule has 0 radical (unpaired) electrons. The molecule has 3 nitrogen and oxygen atoms in total. The first-order valence-electron chi connectivity index (χ1n) is 8.31. The summed E-state index contributed by atoms with van der Waals surface area (Å²) < 4.78 is 27.5. The van der Waals surface area contributed by atoms with Gasteiger partial charge in [0.25, 0.3) is 0 Å². The highest BCUT2D eigenvalue weighted by molar-refractivity contribution is 7.89. The summed E-state index contributed by atoms with van der Waals surface area (Å²) in [5.74, 6) is 0.154. The molecular formula is C21H21NO2S. The van der Waals surface area contributed by atoms with E-state index in [1.54, 1.807) is 30.3 Å². The predicted octanol–water partition coefficient (Wildman–Crippen LogP) is 4.19. The smallest absolute Gasteiger partial charge is 0.211 e. The van der Waals surface area contributed by atoms with Gasteiger partial charge in [0.1, 0.15) is 0 Å². The summed E-state index contributed by atoms with van der Waals surface area (Å²) in [4.78, 5) is 0.297. The van der Waals surface area contributed by atoms with Crippen LogP contribution in [0.4, 0.5) is 0 Å². The summed E-state index contributed by atoms with van der Waals surface area (Å²) >= 11 is 0. The molecule has 4 heteroatoms. The van der Waals surface area contributed by atoms with Crippen LogP contribution in [0.2, 0.25) is 0 Å². The van der Waals surface area contributed by atoms with Crippen molar-refractivity contribution in [3.63, 3.8) is 0 Å². The van der Waals surface area contributed by atoms with Crippen LogP contribution in [0.3, 0.4) is 0 Å². The Hall–Kier alpha value is -2.43. The molecule has 0 aliphatic carbocycles. The normalized spacial score (nSPS) is 11.6. The van der Waals surface area contributed by atoms with E-state index in [1.807, 2.05) is 36.4 Å². The van der Waals surface area contributed by atoms with Gasteiger partial charge in [-0.3, -0.25) is 0 Å². The summed E-state index contributed by atoms with van der Waals surface area (Å²) in [5, 5.41) is 0. The van der Waals surface area contributed by atoms with Crippen LogP contribution in [0, 0.1) is 0 Å². The van der Waals surface area contributed by atoms with Gasteiger partial charge in [-0.15, -0.1) is 0 Å². The van der Waals surface area contributed by atoms with Crippen LogP contribution in [0.5, 0.6) is 0 Å². The van der Waals surface area contributed by atoms with E-state index in [1.165, 1.54) is 11.1 Å².